The van der Waals surface area contributed by atoms with Gasteiger partial charge in [-0.15, -0.1) is 0 Å². The number of nitrogens with zero attached hydrogens (tertiary/aromatic N) is 3. The van der Waals surface area contributed by atoms with Crippen LogP contribution in [0.1, 0.15) is 53.8 Å². The maximum Gasteiger partial charge on any atom is 0.275 e. The predicted octanol–water partition coefficient (Wildman–Crippen LogP) is 4.38. The normalized spacial score (nSPS) is 15.5. The standard InChI is InChI=1S/C28H33N3O5/c1-28(2,3)22-7-4-20(5-8-22)15-30(16-21-6-9-24-25(14-21)36-19-35-24)17-26-29-23(18-34-26)27(32)31-10-12-33-13-11-31/h4-9,14,18H,10-13,15-17,19H2,1-3H3. The fraction of sp³-hybridized carbons (Fsp3) is 0.429. The number of benzene rings is 2. The van der Waals surface area contributed by atoms with Crippen molar-refractivity contribution < 1.29 is 23.4 Å². The number of morpholine rings is 1. The summed E-state index contributed by atoms with van der Waals surface area (Å²) in [6.45, 7) is 11.0. The van der Waals surface area contributed by atoms with Crippen molar-refractivity contribution in [1.29, 1.82) is 0 Å². The third-order valence-electron chi connectivity index (χ3n) is 6.50. The van der Waals surface area contributed by atoms with E-state index in [1.165, 1.54) is 17.4 Å². The zero-order chi connectivity index (χ0) is 25.1. The minimum absolute atomic E-state index is 0.103. The third-order valence-corrected chi connectivity index (χ3v) is 6.50. The van der Waals surface area contributed by atoms with Gasteiger partial charge in [-0.3, -0.25) is 9.69 Å². The molecule has 0 N–H and O–H groups in total. The van der Waals surface area contributed by atoms with Gasteiger partial charge in [-0.2, -0.15) is 0 Å². The highest BCUT2D eigenvalue weighted by atomic mass is 16.7. The number of hydrogen-bond donors (Lipinski definition) is 0. The summed E-state index contributed by atoms with van der Waals surface area (Å²) in [6.07, 6.45) is 1.46. The van der Waals surface area contributed by atoms with Gasteiger partial charge in [-0.05, 0) is 34.2 Å². The van der Waals surface area contributed by atoms with Gasteiger partial charge in [0, 0.05) is 26.2 Å². The molecule has 1 aromatic heterocycles. The molecule has 3 aromatic rings. The first-order valence-corrected chi connectivity index (χ1v) is 12.4. The molecule has 1 saturated heterocycles. The Bertz CT molecular complexity index is 1190. The van der Waals surface area contributed by atoms with Crippen molar-refractivity contribution in [3.63, 3.8) is 0 Å². The third kappa shape index (κ3) is 5.71. The van der Waals surface area contributed by atoms with Gasteiger partial charge in [0.15, 0.2) is 17.2 Å². The smallest absolute Gasteiger partial charge is 0.275 e. The molecule has 8 heteroatoms. The number of fused-ring (bicyclic) bond motifs is 1. The van der Waals surface area contributed by atoms with Crippen LogP contribution >= 0.6 is 0 Å². The molecular weight excluding hydrogens is 458 g/mol. The Morgan fingerprint density at radius 1 is 0.944 bits per heavy atom. The summed E-state index contributed by atoms with van der Waals surface area (Å²) in [5.74, 6) is 1.92. The molecular formula is C28H33N3O5. The van der Waals surface area contributed by atoms with Crippen LogP contribution in [0.15, 0.2) is 53.1 Å². The second-order valence-corrected chi connectivity index (χ2v) is 10.3. The highest BCUT2D eigenvalue weighted by Gasteiger charge is 2.23. The van der Waals surface area contributed by atoms with Crippen LogP contribution < -0.4 is 9.47 Å². The number of rotatable bonds is 7. The monoisotopic (exact) mass is 491 g/mol. The Kier molecular flexibility index (Phi) is 6.98. The Hall–Kier alpha value is -3.36. The molecule has 0 saturated carbocycles. The maximum absolute atomic E-state index is 12.8. The molecule has 8 nitrogen and oxygen atoms in total. The Morgan fingerprint density at radius 3 is 2.39 bits per heavy atom. The van der Waals surface area contributed by atoms with E-state index in [0.717, 1.165) is 17.1 Å². The van der Waals surface area contributed by atoms with Crippen LogP contribution in [0.5, 0.6) is 11.5 Å². The van der Waals surface area contributed by atoms with E-state index in [1.54, 1.807) is 4.90 Å². The van der Waals surface area contributed by atoms with Crippen LogP contribution in [0.2, 0.25) is 0 Å². The Morgan fingerprint density at radius 2 is 1.64 bits per heavy atom. The van der Waals surface area contributed by atoms with Gasteiger partial charge in [0.25, 0.3) is 5.91 Å². The van der Waals surface area contributed by atoms with Gasteiger partial charge >= 0.3 is 0 Å². The molecule has 190 valence electrons. The van der Waals surface area contributed by atoms with Crippen molar-refractivity contribution in [3.05, 3.63) is 77.0 Å². The molecule has 0 radical (unpaired) electrons. The lowest BCUT2D eigenvalue weighted by molar-refractivity contribution is 0.0299. The fourth-order valence-electron chi connectivity index (χ4n) is 4.44. The molecule has 0 aliphatic carbocycles. The summed E-state index contributed by atoms with van der Waals surface area (Å²) in [5.41, 5.74) is 4.03. The van der Waals surface area contributed by atoms with E-state index in [1.807, 2.05) is 18.2 Å². The number of aromatic nitrogens is 1. The summed E-state index contributed by atoms with van der Waals surface area (Å²) in [6, 6.07) is 14.7. The minimum Gasteiger partial charge on any atom is -0.454 e. The van der Waals surface area contributed by atoms with E-state index in [0.29, 0.717) is 57.5 Å². The molecule has 2 aromatic carbocycles. The second kappa shape index (κ2) is 10.3. The summed E-state index contributed by atoms with van der Waals surface area (Å²) in [5, 5.41) is 0. The van der Waals surface area contributed by atoms with Gasteiger partial charge in [0.05, 0.1) is 19.8 Å². The van der Waals surface area contributed by atoms with Crippen molar-refractivity contribution >= 4 is 5.91 Å². The molecule has 2 aliphatic heterocycles. The van der Waals surface area contributed by atoms with E-state index >= 15 is 0 Å². The molecule has 5 rings (SSSR count). The largest absolute Gasteiger partial charge is 0.454 e. The van der Waals surface area contributed by atoms with Gasteiger partial charge in [0.1, 0.15) is 6.26 Å². The number of hydrogen-bond acceptors (Lipinski definition) is 7. The summed E-state index contributed by atoms with van der Waals surface area (Å²) >= 11 is 0. The molecule has 0 atom stereocenters. The van der Waals surface area contributed by atoms with Crippen LogP contribution in [0.25, 0.3) is 0 Å². The zero-order valence-corrected chi connectivity index (χ0v) is 21.2. The van der Waals surface area contributed by atoms with E-state index in [4.69, 9.17) is 18.6 Å². The first-order valence-electron chi connectivity index (χ1n) is 12.4. The van der Waals surface area contributed by atoms with E-state index < -0.39 is 0 Å². The molecule has 1 fully saturated rings. The number of ether oxygens (including phenoxy) is 3. The van der Waals surface area contributed by atoms with Crippen molar-refractivity contribution in [2.75, 3.05) is 33.1 Å². The van der Waals surface area contributed by atoms with E-state index in [9.17, 15) is 4.79 Å². The van der Waals surface area contributed by atoms with E-state index in [-0.39, 0.29) is 18.1 Å². The highest BCUT2D eigenvalue weighted by Crippen LogP contribution is 2.33. The second-order valence-electron chi connectivity index (χ2n) is 10.3. The SMILES string of the molecule is CC(C)(C)c1ccc(CN(Cc2ccc3c(c2)OCO3)Cc2nc(C(=O)N3CCOCC3)co2)cc1. The first-order chi connectivity index (χ1) is 17.3. The summed E-state index contributed by atoms with van der Waals surface area (Å²) < 4.78 is 22.1. The van der Waals surface area contributed by atoms with E-state index in [2.05, 4.69) is 54.9 Å². The Balaban J connectivity index is 1.33. The average molecular weight is 492 g/mol. The van der Waals surface area contributed by atoms with Crippen LogP contribution in [0, 0.1) is 0 Å². The molecule has 1 amide bonds. The zero-order valence-electron chi connectivity index (χ0n) is 21.2. The quantitative estimate of drug-likeness (QED) is 0.486. The molecule has 0 unspecified atom stereocenters. The van der Waals surface area contributed by atoms with Gasteiger partial charge in [-0.1, -0.05) is 51.1 Å². The molecule has 3 heterocycles. The molecule has 36 heavy (non-hydrogen) atoms. The number of oxazole rings is 1. The summed E-state index contributed by atoms with van der Waals surface area (Å²) in [7, 11) is 0. The van der Waals surface area contributed by atoms with Crippen LogP contribution in [0.3, 0.4) is 0 Å². The predicted molar refractivity (Wildman–Crippen MR) is 134 cm³/mol. The van der Waals surface area contributed by atoms with Crippen molar-refractivity contribution in [2.45, 2.75) is 45.8 Å². The highest BCUT2D eigenvalue weighted by molar-refractivity contribution is 5.92. The Labute approximate surface area is 211 Å². The minimum atomic E-state index is -0.117. The van der Waals surface area contributed by atoms with Crippen LogP contribution in [0.4, 0.5) is 0 Å². The van der Waals surface area contributed by atoms with Crippen LogP contribution in [-0.2, 0) is 29.8 Å². The molecule has 0 spiro atoms. The van der Waals surface area contributed by atoms with Crippen molar-refractivity contribution in [3.8, 4) is 11.5 Å². The van der Waals surface area contributed by atoms with Gasteiger partial charge in [-0.25, -0.2) is 4.98 Å². The average Bonchev–Trinajstić information content (AvgIpc) is 3.53. The first kappa shape index (κ1) is 24.3. The molecule has 2 aliphatic rings. The lowest BCUT2D eigenvalue weighted by Gasteiger charge is -2.25. The van der Waals surface area contributed by atoms with Crippen LogP contribution in [-0.4, -0.2) is 53.8 Å². The van der Waals surface area contributed by atoms with Gasteiger partial charge < -0.3 is 23.5 Å². The number of carbonyl (C=O) groups is 1. The van der Waals surface area contributed by atoms with Crippen molar-refractivity contribution in [2.24, 2.45) is 0 Å². The fourth-order valence-corrected chi connectivity index (χ4v) is 4.44. The topological polar surface area (TPSA) is 77.3 Å². The number of amides is 1. The lowest BCUT2D eigenvalue weighted by Crippen LogP contribution is -2.40. The van der Waals surface area contributed by atoms with Gasteiger partial charge in [0.2, 0.25) is 12.7 Å². The summed E-state index contributed by atoms with van der Waals surface area (Å²) in [4.78, 5) is 21.3. The maximum atomic E-state index is 12.8. The van der Waals surface area contributed by atoms with Crippen molar-refractivity contribution in [1.82, 2.24) is 14.8 Å². The lowest BCUT2D eigenvalue weighted by atomic mass is 9.87. The number of carbonyl (C=O) groups excluding carboxylic acids is 1. The molecule has 0 bridgehead atoms.